The molecular formula is C26H34FN5O4. The lowest BCUT2D eigenvalue weighted by Gasteiger charge is -2.38. The fraction of sp³-hybridized carbons (Fsp3) is 0.500. The lowest BCUT2D eigenvalue weighted by atomic mass is 9.77. The number of methoxy groups -OCH3 is 2. The molecule has 0 bridgehead atoms. The van der Waals surface area contributed by atoms with E-state index in [1.807, 2.05) is 13.0 Å². The summed E-state index contributed by atoms with van der Waals surface area (Å²) in [5, 5.41) is 18.7. The van der Waals surface area contributed by atoms with Crippen LogP contribution in [0.15, 0.2) is 24.3 Å². The molecule has 10 heteroatoms. The Balaban J connectivity index is 1.85. The van der Waals surface area contributed by atoms with Crippen LogP contribution in [-0.4, -0.2) is 43.0 Å². The Bertz CT molecular complexity index is 1120. The number of hydrogen-bond acceptors (Lipinski definition) is 8. The number of nitrogens with one attached hydrogen (secondary N) is 3. The number of amides is 1. The first-order chi connectivity index (χ1) is 17.0. The third kappa shape index (κ3) is 6.68. The van der Waals surface area contributed by atoms with Crippen LogP contribution in [0.5, 0.6) is 11.5 Å². The normalized spacial score (nSPS) is 15.1. The van der Waals surface area contributed by atoms with Gasteiger partial charge >= 0.3 is 6.09 Å². The molecule has 0 aliphatic heterocycles. The van der Waals surface area contributed by atoms with Crippen LogP contribution in [0.25, 0.3) is 0 Å². The highest BCUT2D eigenvalue weighted by molar-refractivity contribution is 5.69. The number of carbonyl (C=O) groups excluding carboxylic acids is 1. The van der Waals surface area contributed by atoms with Crippen molar-refractivity contribution in [2.75, 3.05) is 24.9 Å². The van der Waals surface area contributed by atoms with Crippen molar-refractivity contribution in [2.24, 2.45) is 5.92 Å². The summed E-state index contributed by atoms with van der Waals surface area (Å²) in [4.78, 5) is 16.7. The molecular weight excluding hydrogens is 465 g/mol. The molecule has 2 atom stereocenters. The molecule has 2 aromatic rings. The number of nitriles is 1. The van der Waals surface area contributed by atoms with E-state index in [1.165, 1.54) is 14.2 Å². The topological polar surface area (TPSA) is 118 Å². The smallest absolute Gasteiger partial charge is 0.407 e. The molecule has 1 heterocycles. The number of pyridine rings is 1. The maximum atomic E-state index is 15.0. The second kappa shape index (κ2) is 11.3. The van der Waals surface area contributed by atoms with Gasteiger partial charge in [-0.1, -0.05) is 6.42 Å². The SMILES string of the molecule is COc1ccc(Nc2nc(N[C@H](C3CCC3)[C@H](C)NC(=O)OC(C)(C)C)c(F)cc2C#N)cc1OC. The van der Waals surface area contributed by atoms with Gasteiger partial charge in [-0.05, 0) is 64.7 Å². The summed E-state index contributed by atoms with van der Waals surface area (Å²) < 4.78 is 31.0. The fourth-order valence-corrected chi connectivity index (χ4v) is 4.01. The van der Waals surface area contributed by atoms with Crippen LogP contribution in [-0.2, 0) is 4.74 Å². The molecule has 3 rings (SSSR count). The maximum absolute atomic E-state index is 15.0. The lowest BCUT2D eigenvalue weighted by molar-refractivity contribution is 0.0492. The van der Waals surface area contributed by atoms with Gasteiger partial charge < -0.3 is 30.2 Å². The van der Waals surface area contributed by atoms with Gasteiger partial charge in [0.05, 0.1) is 25.8 Å². The molecule has 0 unspecified atom stereocenters. The Hall–Kier alpha value is -3.74. The minimum atomic E-state index is -0.654. The number of anilines is 3. The third-order valence-corrected chi connectivity index (χ3v) is 5.99. The predicted octanol–water partition coefficient (Wildman–Crippen LogP) is 5.35. The molecule has 1 aromatic carbocycles. The van der Waals surface area contributed by atoms with Crippen molar-refractivity contribution >= 4 is 23.4 Å². The fourth-order valence-electron chi connectivity index (χ4n) is 4.01. The third-order valence-electron chi connectivity index (χ3n) is 5.99. The van der Waals surface area contributed by atoms with Crippen molar-refractivity contribution in [2.45, 2.75) is 64.6 Å². The van der Waals surface area contributed by atoms with E-state index < -0.39 is 17.5 Å². The van der Waals surface area contributed by atoms with Gasteiger partial charge in [-0.3, -0.25) is 0 Å². The molecule has 1 amide bonds. The molecule has 0 saturated heterocycles. The zero-order chi connectivity index (χ0) is 26.5. The number of nitrogens with zero attached hydrogens (tertiary/aromatic N) is 2. The number of rotatable bonds is 9. The summed E-state index contributed by atoms with van der Waals surface area (Å²) in [6, 6.07) is 7.64. The van der Waals surface area contributed by atoms with Gasteiger partial charge in [0.2, 0.25) is 0 Å². The van der Waals surface area contributed by atoms with Crippen LogP contribution in [0.3, 0.4) is 0 Å². The summed E-state index contributed by atoms with van der Waals surface area (Å²) in [6.07, 6.45) is 2.43. The highest BCUT2D eigenvalue weighted by Gasteiger charge is 2.34. The summed E-state index contributed by atoms with van der Waals surface area (Å²) >= 11 is 0. The van der Waals surface area contributed by atoms with Crippen molar-refractivity contribution in [3.05, 3.63) is 35.6 Å². The maximum Gasteiger partial charge on any atom is 0.407 e. The molecule has 9 nitrogen and oxygen atoms in total. The van der Waals surface area contributed by atoms with Crippen LogP contribution in [0.1, 0.15) is 52.5 Å². The highest BCUT2D eigenvalue weighted by Crippen LogP contribution is 2.35. The monoisotopic (exact) mass is 499 g/mol. The predicted molar refractivity (Wildman–Crippen MR) is 135 cm³/mol. The Morgan fingerprint density at radius 1 is 1.17 bits per heavy atom. The van der Waals surface area contributed by atoms with E-state index in [4.69, 9.17) is 14.2 Å². The number of ether oxygens (including phenoxy) is 3. The number of carbonyl (C=O) groups is 1. The van der Waals surface area contributed by atoms with Crippen LogP contribution in [0.4, 0.5) is 26.5 Å². The molecule has 0 radical (unpaired) electrons. The number of alkyl carbamates (subject to hydrolysis) is 1. The van der Waals surface area contributed by atoms with Crippen LogP contribution < -0.4 is 25.4 Å². The molecule has 36 heavy (non-hydrogen) atoms. The molecule has 194 valence electrons. The van der Waals surface area contributed by atoms with E-state index in [2.05, 4.69) is 20.9 Å². The van der Waals surface area contributed by atoms with Gasteiger partial charge in [0, 0.05) is 17.8 Å². The summed E-state index contributed by atoms with van der Waals surface area (Å²) in [7, 11) is 3.06. The summed E-state index contributed by atoms with van der Waals surface area (Å²) in [5.74, 6) is 0.800. The number of hydrogen-bond donors (Lipinski definition) is 3. The van der Waals surface area contributed by atoms with Crippen molar-refractivity contribution in [3.8, 4) is 17.6 Å². The van der Waals surface area contributed by atoms with Gasteiger partial charge in [0.1, 0.15) is 11.7 Å². The van der Waals surface area contributed by atoms with Gasteiger partial charge in [0.25, 0.3) is 0 Å². The van der Waals surface area contributed by atoms with E-state index in [0.717, 1.165) is 25.3 Å². The van der Waals surface area contributed by atoms with E-state index in [1.54, 1.807) is 39.0 Å². The Morgan fingerprint density at radius 2 is 1.86 bits per heavy atom. The van der Waals surface area contributed by atoms with Gasteiger partial charge in [-0.2, -0.15) is 5.26 Å². The van der Waals surface area contributed by atoms with Crippen LogP contribution in [0, 0.1) is 23.1 Å². The number of benzene rings is 1. The quantitative estimate of drug-likeness (QED) is 0.423. The summed E-state index contributed by atoms with van der Waals surface area (Å²) in [6.45, 7) is 7.23. The molecule has 1 aliphatic carbocycles. The van der Waals surface area contributed by atoms with Crippen molar-refractivity contribution in [1.29, 1.82) is 5.26 Å². The zero-order valence-electron chi connectivity index (χ0n) is 21.6. The van der Waals surface area contributed by atoms with E-state index in [9.17, 15) is 10.1 Å². The lowest BCUT2D eigenvalue weighted by Crippen LogP contribution is -2.51. The zero-order valence-corrected chi connectivity index (χ0v) is 21.6. The largest absolute Gasteiger partial charge is 0.493 e. The standard InChI is InChI=1S/C26H34FN5O4/c1-15(29-25(33)36-26(2,3)4)22(16-8-7-9-16)31-24-19(27)12-17(14-28)23(32-24)30-18-10-11-20(34-5)21(13-18)35-6/h10-13,15-16,22H,7-9H2,1-6H3,(H,29,33)(H2,30,31,32)/t15-,22-/m0/s1. The van der Waals surface area contributed by atoms with Crippen LogP contribution in [0.2, 0.25) is 0 Å². The van der Waals surface area contributed by atoms with E-state index in [0.29, 0.717) is 17.2 Å². The summed E-state index contributed by atoms with van der Waals surface area (Å²) in [5.41, 5.74) is 0.00647. The number of aromatic nitrogens is 1. The minimum Gasteiger partial charge on any atom is -0.493 e. The van der Waals surface area contributed by atoms with Gasteiger partial charge in [0.15, 0.2) is 29.0 Å². The number of halogens is 1. The van der Waals surface area contributed by atoms with Crippen LogP contribution >= 0.6 is 0 Å². The Kier molecular flexibility index (Phi) is 8.45. The van der Waals surface area contributed by atoms with E-state index >= 15 is 4.39 Å². The first-order valence-corrected chi connectivity index (χ1v) is 11.9. The molecule has 1 saturated carbocycles. The van der Waals surface area contributed by atoms with Crippen molar-refractivity contribution in [3.63, 3.8) is 0 Å². The molecule has 1 aliphatic rings. The van der Waals surface area contributed by atoms with Crippen molar-refractivity contribution in [1.82, 2.24) is 10.3 Å². The Labute approximate surface area is 211 Å². The second-order valence-electron chi connectivity index (χ2n) is 9.82. The second-order valence-corrected chi connectivity index (χ2v) is 9.82. The molecule has 1 aromatic heterocycles. The minimum absolute atomic E-state index is 0.00767. The first-order valence-electron chi connectivity index (χ1n) is 11.9. The molecule has 0 spiro atoms. The van der Waals surface area contributed by atoms with Crippen molar-refractivity contribution < 1.29 is 23.4 Å². The van der Waals surface area contributed by atoms with Gasteiger partial charge in [-0.25, -0.2) is 14.2 Å². The van der Waals surface area contributed by atoms with Gasteiger partial charge in [-0.15, -0.1) is 0 Å². The molecule has 1 fully saturated rings. The first kappa shape index (κ1) is 26.9. The Morgan fingerprint density at radius 3 is 2.42 bits per heavy atom. The molecule has 3 N–H and O–H groups in total. The highest BCUT2D eigenvalue weighted by atomic mass is 19.1. The average Bonchev–Trinajstić information content (AvgIpc) is 2.77. The average molecular weight is 500 g/mol. The van der Waals surface area contributed by atoms with E-state index in [-0.39, 0.29) is 35.2 Å².